The van der Waals surface area contributed by atoms with Gasteiger partial charge in [0.1, 0.15) is 0 Å². The quantitative estimate of drug-likeness (QED) is 0.582. The lowest BCUT2D eigenvalue weighted by atomic mass is 10.4. The molecular formula is C4H6F2O3S. The lowest BCUT2D eigenvalue weighted by Gasteiger charge is -1.89. The van der Waals surface area contributed by atoms with Gasteiger partial charge in [0.25, 0.3) is 0 Å². The summed E-state index contributed by atoms with van der Waals surface area (Å²) in [6.07, 6.45) is -0.836. The van der Waals surface area contributed by atoms with Crippen molar-refractivity contribution in [3.63, 3.8) is 0 Å². The summed E-state index contributed by atoms with van der Waals surface area (Å²) in [4.78, 5) is 9.55. The van der Waals surface area contributed by atoms with Crippen molar-refractivity contribution in [2.75, 3.05) is 5.75 Å². The van der Waals surface area contributed by atoms with Gasteiger partial charge < -0.3 is 0 Å². The van der Waals surface area contributed by atoms with E-state index in [2.05, 4.69) is 0 Å². The molecule has 10 heavy (non-hydrogen) atoms. The Morgan fingerprint density at radius 2 is 1.90 bits per heavy atom. The summed E-state index contributed by atoms with van der Waals surface area (Å²) < 4.78 is 42.3. The molecule has 0 aromatic carbocycles. The Morgan fingerprint density at radius 3 is 2.20 bits per heavy atom. The van der Waals surface area contributed by atoms with Gasteiger partial charge in [-0.3, -0.25) is 4.79 Å². The minimum atomic E-state index is -4.54. The molecular weight excluding hydrogens is 166 g/mol. The van der Waals surface area contributed by atoms with Crippen LogP contribution in [0.15, 0.2) is 0 Å². The molecule has 0 fully saturated rings. The fourth-order valence-electron chi connectivity index (χ4n) is 0.384. The van der Waals surface area contributed by atoms with E-state index in [0.717, 1.165) is 0 Å². The number of hydrogen-bond acceptors (Lipinski definition) is 3. The molecule has 0 amide bonds. The highest BCUT2D eigenvalue weighted by atomic mass is 32.3. The second-order valence-electron chi connectivity index (χ2n) is 1.70. The van der Waals surface area contributed by atoms with Crippen LogP contribution in [0, 0.1) is 0 Å². The van der Waals surface area contributed by atoms with E-state index < -0.39 is 28.4 Å². The van der Waals surface area contributed by atoms with Gasteiger partial charge in [0.05, 0.1) is 5.75 Å². The Labute approximate surface area is 57.2 Å². The van der Waals surface area contributed by atoms with Crippen molar-refractivity contribution >= 4 is 16.3 Å². The predicted octanol–water partition coefficient (Wildman–Crippen LogP) is 0.562. The zero-order valence-electron chi connectivity index (χ0n) is 5.01. The molecule has 0 aromatic rings. The second-order valence-corrected chi connectivity index (χ2v) is 3.19. The molecule has 0 bridgehead atoms. The lowest BCUT2D eigenvalue weighted by Crippen LogP contribution is -2.00. The molecule has 0 saturated heterocycles. The topological polar surface area (TPSA) is 51.2 Å². The Kier molecular flexibility index (Phi) is 3.41. The highest BCUT2D eigenvalue weighted by Crippen LogP contribution is 1.98. The molecule has 3 nitrogen and oxygen atoms in total. The molecule has 0 aliphatic heterocycles. The summed E-state index contributed by atoms with van der Waals surface area (Å²) in [5.74, 6) is -0.789. The third kappa shape index (κ3) is 7.48. The van der Waals surface area contributed by atoms with E-state index in [1.807, 2.05) is 0 Å². The van der Waals surface area contributed by atoms with Gasteiger partial charge in [-0.05, 0) is 6.42 Å². The van der Waals surface area contributed by atoms with Gasteiger partial charge in [-0.2, -0.15) is 12.8 Å². The van der Waals surface area contributed by atoms with E-state index in [9.17, 15) is 21.5 Å². The van der Waals surface area contributed by atoms with Crippen LogP contribution in [0.25, 0.3) is 0 Å². The van der Waals surface area contributed by atoms with Gasteiger partial charge in [0.15, 0.2) is 0 Å². The van der Waals surface area contributed by atoms with Crippen LogP contribution in [0.4, 0.5) is 8.28 Å². The van der Waals surface area contributed by atoms with Crippen LogP contribution in [0.5, 0.6) is 0 Å². The van der Waals surface area contributed by atoms with Gasteiger partial charge in [0.2, 0.25) is 0 Å². The average Bonchev–Trinajstić information content (AvgIpc) is 1.59. The summed E-state index contributed by atoms with van der Waals surface area (Å²) in [7, 11) is -4.54. The second kappa shape index (κ2) is 3.60. The molecule has 0 rings (SSSR count). The first kappa shape index (κ1) is 9.48. The van der Waals surface area contributed by atoms with Crippen molar-refractivity contribution in [1.29, 1.82) is 0 Å². The molecule has 0 aromatic heterocycles. The molecule has 0 radical (unpaired) electrons. The molecule has 60 valence electrons. The van der Waals surface area contributed by atoms with Crippen LogP contribution < -0.4 is 0 Å². The minimum absolute atomic E-state index is 0.297. The molecule has 0 spiro atoms. The van der Waals surface area contributed by atoms with E-state index in [1.54, 1.807) is 0 Å². The van der Waals surface area contributed by atoms with Crippen LogP contribution >= 0.6 is 0 Å². The molecule has 0 aliphatic carbocycles. The van der Waals surface area contributed by atoms with E-state index in [0.29, 0.717) is 0 Å². The molecule has 0 unspecified atom stereocenters. The maximum atomic E-state index is 11.6. The summed E-state index contributed by atoms with van der Waals surface area (Å²) in [5, 5.41) is 0. The minimum Gasteiger partial charge on any atom is -0.261 e. The maximum absolute atomic E-state index is 11.6. The number of halogens is 2. The van der Waals surface area contributed by atoms with Gasteiger partial charge in [-0.15, -0.1) is 3.89 Å². The molecule has 0 saturated carbocycles. The third-order valence-corrected chi connectivity index (χ3v) is 1.54. The van der Waals surface area contributed by atoms with Crippen LogP contribution in [-0.2, 0) is 15.0 Å². The van der Waals surface area contributed by atoms with Gasteiger partial charge in [-0.1, -0.05) is 0 Å². The molecule has 0 atom stereocenters. The number of carbonyl (C=O) groups is 1. The summed E-state index contributed by atoms with van der Waals surface area (Å²) in [5.41, 5.74) is 0. The van der Waals surface area contributed by atoms with Crippen molar-refractivity contribution < 1.29 is 21.5 Å². The van der Waals surface area contributed by atoms with Crippen LogP contribution in [0.3, 0.4) is 0 Å². The van der Waals surface area contributed by atoms with E-state index in [4.69, 9.17) is 0 Å². The fourth-order valence-corrected chi connectivity index (χ4v) is 0.873. The first-order chi connectivity index (χ1) is 4.42. The highest BCUT2D eigenvalue weighted by Gasteiger charge is 2.07. The third-order valence-electron chi connectivity index (χ3n) is 0.761. The molecule has 0 aliphatic rings. The fraction of sp³-hybridized carbons (Fsp3) is 0.750. The van der Waals surface area contributed by atoms with Crippen molar-refractivity contribution in [2.45, 2.75) is 12.8 Å². The van der Waals surface area contributed by atoms with Crippen LogP contribution in [-0.4, -0.2) is 20.2 Å². The number of hydrogen-bond donors (Lipinski definition) is 0. The van der Waals surface area contributed by atoms with Gasteiger partial charge >= 0.3 is 16.3 Å². The summed E-state index contributed by atoms with van der Waals surface area (Å²) >= 11 is 0. The monoisotopic (exact) mass is 172 g/mol. The van der Waals surface area contributed by atoms with E-state index in [-0.39, 0.29) is 6.42 Å². The average molecular weight is 172 g/mol. The van der Waals surface area contributed by atoms with Crippen molar-refractivity contribution in [3.8, 4) is 0 Å². The Balaban J connectivity index is 3.49. The van der Waals surface area contributed by atoms with Crippen molar-refractivity contribution in [2.24, 2.45) is 0 Å². The van der Waals surface area contributed by atoms with E-state index in [1.165, 1.54) is 0 Å². The summed E-state index contributed by atoms with van der Waals surface area (Å²) in [6, 6.07) is -1.62. The number of carbonyl (C=O) groups excluding carboxylic acids is 1. The SMILES string of the molecule is O=C(F)CCCS(=O)(=O)F. The zero-order chi connectivity index (χ0) is 8.20. The largest absolute Gasteiger partial charge is 0.302 e. The Morgan fingerprint density at radius 1 is 1.40 bits per heavy atom. The lowest BCUT2D eigenvalue weighted by molar-refractivity contribution is -0.129. The maximum Gasteiger partial charge on any atom is 0.302 e. The smallest absolute Gasteiger partial charge is 0.261 e. The highest BCUT2D eigenvalue weighted by molar-refractivity contribution is 7.86. The van der Waals surface area contributed by atoms with Crippen LogP contribution in [0.2, 0.25) is 0 Å². The van der Waals surface area contributed by atoms with Crippen molar-refractivity contribution in [1.82, 2.24) is 0 Å². The van der Waals surface area contributed by atoms with Gasteiger partial charge in [0, 0.05) is 6.42 Å². The standard InChI is InChI=1S/C4H6F2O3S/c5-4(7)2-1-3-10(6,8)9/h1-3H2. The zero-order valence-corrected chi connectivity index (χ0v) is 5.83. The molecule has 6 heteroatoms. The molecule has 0 heterocycles. The first-order valence-electron chi connectivity index (χ1n) is 2.52. The summed E-state index contributed by atoms with van der Waals surface area (Å²) in [6.45, 7) is 0. The predicted molar refractivity (Wildman–Crippen MR) is 30.2 cm³/mol. The van der Waals surface area contributed by atoms with Crippen molar-refractivity contribution in [3.05, 3.63) is 0 Å². The van der Waals surface area contributed by atoms with Gasteiger partial charge in [-0.25, -0.2) is 0 Å². The Bertz CT molecular complexity index is 209. The Hall–Kier alpha value is -0.520. The number of rotatable bonds is 4. The van der Waals surface area contributed by atoms with Crippen LogP contribution in [0.1, 0.15) is 12.8 Å². The normalized spacial score (nSPS) is 11.4. The molecule has 0 N–H and O–H groups in total. The van der Waals surface area contributed by atoms with E-state index >= 15 is 0 Å². The first-order valence-corrected chi connectivity index (χ1v) is 4.08.